The molecule has 2 rings (SSSR count). The van der Waals surface area contributed by atoms with Crippen molar-refractivity contribution in [3.8, 4) is 23.3 Å². The number of nitrogens with zero attached hydrogens (tertiary/aromatic N) is 2. The first-order chi connectivity index (χ1) is 7.81. The summed E-state index contributed by atoms with van der Waals surface area (Å²) in [5.41, 5.74) is 0.186. The summed E-state index contributed by atoms with van der Waals surface area (Å²) in [6, 6.07) is 11.8. The highest BCUT2D eigenvalue weighted by molar-refractivity contribution is 5.44. The minimum absolute atomic E-state index is 0.0234. The molecule has 0 amide bonds. The summed E-state index contributed by atoms with van der Waals surface area (Å²) in [5.74, 6) is 0.647. The van der Waals surface area contributed by atoms with E-state index in [2.05, 4.69) is 4.98 Å². The molecule has 0 aliphatic rings. The molecule has 1 aromatic heterocycles. The van der Waals surface area contributed by atoms with Crippen molar-refractivity contribution in [1.82, 2.24) is 4.98 Å². The maximum absolute atomic E-state index is 9.51. The zero-order chi connectivity index (χ0) is 11.4. The third-order valence-corrected chi connectivity index (χ3v) is 1.96. The van der Waals surface area contributed by atoms with Gasteiger partial charge in [0, 0.05) is 6.20 Å². The lowest BCUT2D eigenvalue weighted by molar-refractivity contribution is 0.409. The SMILES string of the molecule is N#Cc1ncccc1Oc1ccccc1O. The van der Waals surface area contributed by atoms with E-state index in [4.69, 9.17) is 10.00 Å². The molecule has 0 fully saturated rings. The van der Waals surface area contributed by atoms with Gasteiger partial charge in [-0.3, -0.25) is 0 Å². The Morgan fingerprint density at radius 2 is 1.88 bits per heavy atom. The summed E-state index contributed by atoms with van der Waals surface area (Å²) in [4.78, 5) is 3.86. The predicted octanol–water partition coefficient (Wildman–Crippen LogP) is 2.45. The molecule has 0 radical (unpaired) electrons. The van der Waals surface area contributed by atoms with Crippen LogP contribution in [0, 0.1) is 11.3 Å². The molecule has 1 N–H and O–H groups in total. The van der Waals surface area contributed by atoms with Crippen molar-refractivity contribution < 1.29 is 9.84 Å². The summed E-state index contributed by atoms with van der Waals surface area (Å²) in [6.07, 6.45) is 1.51. The van der Waals surface area contributed by atoms with Gasteiger partial charge in [-0.15, -0.1) is 0 Å². The van der Waals surface area contributed by atoms with Crippen LogP contribution in [0.4, 0.5) is 0 Å². The van der Waals surface area contributed by atoms with E-state index in [1.807, 2.05) is 6.07 Å². The van der Waals surface area contributed by atoms with Crippen LogP contribution in [0.25, 0.3) is 0 Å². The van der Waals surface area contributed by atoms with Crippen molar-refractivity contribution >= 4 is 0 Å². The first-order valence-corrected chi connectivity index (χ1v) is 4.62. The summed E-state index contributed by atoms with van der Waals surface area (Å²) < 4.78 is 5.40. The number of benzene rings is 1. The number of hydrogen-bond acceptors (Lipinski definition) is 4. The van der Waals surface area contributed by atoms with Gasteiger partial charge in [-0.2, -0.15) is 5.26 Å². The number of rotatable bonds is 2. The molecule has 0 saturated heterocycles. The van der Waals surface area contributed by atoms with E-state index in [1.165, 1.54) is 12.3 Å². The Bertz CT molecular complexity index is 547. The first kappa shape index (κ1) is 9.99. The molecule has 78 valence electrons. The monoisotopic (exact) mass is 212 g/mol. The van der Waals surface area contributed by atoms with Crippen LogP contribution in [-0.4, -0.2) is 10.1 Å². The third-order valence-electron chi connectivity index (χ3n) is 1.96. The van der Waals surface area contributed by atoms with Crippen LogP contribution in [0.2, 0.25) is 0 Å². The van der Waals surface area contributed by atoms with E-state index in [9.17, 15) is 5.11 Å². The second kappa shape index (κ2) is 4.32. The van der Waals surface area contributed by atoms with Crippen molar-refractivity contribution in [3.05, 3.63) is 48.3 Å². The molecule has 0 spiro atoms. The van der Waals surface area contributed by atoms with Gasteiger partial charge in [0.15, 0.2) is 22.9 Å². The summed E-state index contributed by atoms with van der Waals surface area (Å²) in [6.45, 7) is 0. The molecule has 16 heavy (non-hydrogen) atoms. The molecule has 0 atom stereocenters. The molecule has 4 heteroatoms. The lowest BCUT2D eigenvalue weighted by atomic mass is 10.3. The second-order valence-corrected chi connectivity index (χ2v) is 3.03. The average molecular weight is 212 g/mol. The van der Waals surface area contributed by atoms with Crippen molar-refractivity contribution in [3.63, 3.8) is 0 Å². The largest absolute Gasteiger partial charge is 0.504 e. The topological polar surface area (TPSA) is 66.1 Å². The number of pyridine rings is 1. The maximum Gasteiger partial charge on any atom is 0.183 e. The quantitative estimate of drug-likeness (QED) is 0.830. The van der Waals surface area contributed by atoms with Crippen LogP contribution in [0.15, 0.2) is 42.6 Å². The van der Waals surface area contributed by atoms with Gasteiger partial charge in [-0.25, -0.2) is 4.98 Å². The highest BCUT2D eigenvalue weighted by Crippen LogP contribution is 2.30. The highest BCUT2D eigenvalue weighted by atomic mass is 16.5. The van der Waals surface area contributed by atoms with Crippen molar-refractivity contribution in [2.45, 2.75) is 0 Å². The minimum Gasteiger partial charge on any atom is -0.504 e. The van der Waals surface area contributed by atoms with E-state index >= 15 is 0 Å². The Morgan fingerprint density at radius 3 is 2.62 bits per heavy atom. The maximum atomic E-state index is 9.51. The highest BCUT2D eigenvalue weighted by Gasteiger charge is 2.07. The number of nitriles is 1. The normalized spacial score (nSPS) is 9.44. The molecule has 4 nitrogen and oxygen atoms in total. The molecule has 0 aliphatic heterocycles. The molecule has 0 saturated carbocycles. The number of aromatic nitrogens is 1. The van der Waals surface area contributed by atoms with Crippen LogP contribution < -0.4 is 4.74 Å². The van der Waals surface area contributed by atoms with Crippen LogP contribution in [0.1, 0.15) is 5.69 Å². The molecule has 0 bridgehead atoms. The van der Waals surface area contributed by atoms with Crippen molar-refractivity contribution in [1.29, 1.82) is 5.26 Å². The summed E-state index contributed by atoms with van der Waals surface area (Å²) in [5, 5.41) is 18.3. The average Bonchev–Trinajstić information content (AvgIpc) is 2.33. The van der Waals surface area contributed by atoms with E-state index in [1.54, 1.807) is 30.3 Å². The minimum atomic E-state index is 0.0234. The zero-order valence-corrected chi connectivity index (χ0v) is 8.29. The fraction of sp³-hybridized carbons (Fsp3) is 0. The van der Waals surface area contributed by atoms with Crippen LogP contribution in [-0.2, 0) is 0 Å². The van der Waals surface area contributed by atoms with Crippen molar-refractivity contribution in [2.75, 3.05) is 0 Å². The number of phenolic OH excluding ortho intramolecular Hbond substituents is 1. The molecular formula is C12H8N2O2. The van der Waals surface area contributed by atoms with Gasteiger partial charge >= 0.3 is 0 Å². The fourth-order valence-corrected chi connectivity index (χ4v) is 1.22. The van der Waals surface area contributed by atoms with E-state index in [0.717, 1.165) is 0 Å². The number of ether oxygens (including phenoxy) is 1. The summed E-state index contributed by atoms with van der Waals surface area (Å²) >= 11 is 0. The van der Waals surface area contributed by atoms with Crippen LogP contribution in [0.3, 0.4) is 0 Å². The number of para-hydroxylation sites is 2. The van der Waals surface area contributed by atoms with E-state index in [-0.39, 0.29) is 11.4 Å². The predicted molar refractivity (Wildman–Crippen MR) is 57.1 cm³/mol. The van der Waals surface area contributed by atoms with Gasteiger partial charge in [-0.05, 0) is 24.3 Å². The smallest absolute Gasteiger partial charge is 0.183 e. The van der Waals surface area contributed by atoms with Gasteiger partial charge in [0.25, 0.3) is 0 Å². The molecule has 0 aliphatic carbocycles. The van der Waals surface area contributed by atoms with Gasteiger partial charge in [0.2, 0.25) is 0 Å². The zero-order valence-electron chi connectivity index (χ0n) is 8.29. The first-order valence-electron chi connectivity index (χ1n) is 4.62. The molecular weight excluding hydrogens is 204 g/mol. The molecule has 2 aromatic rings. The Balaban J connectivity index is 2.35. The Morgan fingerprint density at radius 1 is 1.12 bits per heavy atom. The van der Waals surface area contributed by atoms with Gasteiger partial charge in [-0.1, -0.05) is 12.1 Å². The number of phenols is 1. The van der Waals surface area contributed by atoms with E-state index in [0.29, 0.717) is 11.5 Å². The number of hydrogen-bond donors (Lipinski definition) is 1. The fourth-order valence-electron chi connectivity index (χ4n) is 1.22. The van der Waals surface area contributed by atoms with Gasteiger partial charge in [0.1, 0.15) is 6.07 Å². The standard InChI is InChI=1S/C12H8N2O2/c13-8-9-11(6-3-7-14-9)16-12-5-2-1-4-10(12)15/h1-7,15H. The lowest BCUT2D eigenvalue weighted by Gasteiger charge is -2.07. The Hall–Kier alpha value is -2.54. The third kappa shape index (κ3) is 1.93. The lowest BCUT2D eigenvalue weighted by Crippen LogP contribution is -1.90. The van der Waals surface area contributed by atoms with Crippen LogP contribution >= 0.6 is 0 Å². The molecule has 0 unspecified atom stereocenters. The van der Waals surface area contributed by atoms with Gasteiger partial charge in [0.05, 0.1) is 0 Å². The Kier molecular flexibility index (Phi) is 2.70. The van der Waals surface area contributed by atoms with Gasteiger partial charge < -0.3 is 9.84 Å². The van der Waals surface area contributed by atoms with Crippen LogP contribution in [0.5, 0.6) is 17.2 Å². The summed E-state index contributed by atoms with van der Waals surface area (Å²) in [7, 11) is 0. The molecule has 1 heterocycles. The van der Waals surface area contributed by atoms with E-state index < -0.39 is 0 Å². The Labute approximate surface area is 92.4 Å². The second-order valence-electron chi connectivity index (χ2n) is 3.03. The molecule has 1 aromatic carbocycles. The number of aromatic hydroxyl groups is 1. The van der Waals surface area contributed by atoms with Crippen molar-refractivity contribution in [2.24, 2.45) is 0 Å².